The standard InChI is InChI=1S/C21H26N2O2S/c24-26(25,19-10-2-1-3-11-19)22-20-12-6-7-13-21(20)23-15-14-17-8-4-5-9-18(17)16-23/h1-3,6-7,10-13,17-18,22H,4-5,8-9,14-16H2/t17-,18-/m0/s1. The van der Waals surface area contributed by atoms with Crippen molar-refractivity contribution in [1.82, 2.24) is 0 Å². The van der Waals surface area contributed by atoms with Crippen molar-refractivity contribution in [3.05, 3.63) is 54.6 Å². The van der Waals surface area contributed by atoms with E-state index in [-0.39, 0.29) is 0 Å². The number of benzene rings is 2. The van der Waals surface area contributed by atoms with Gasteiger partial charge in [0.15, 0.2) is 0 Å². The molecule has 2 aromatic rings. The summed E-state index contributed by atoms with van der Waals surface area (Å²) in [6.07, 6.45) is 6.58. The molecule has 4 nitrogen and oxygen atoms in total. The normalized spacial score (nSPS) is 23.3. The summed E-state index contributed by atoms with van der Waals surface area (Å²) in [4.78, 5) is 2.66. The maximum Gasteiger partial charge on any atom is 0.261 e. The average molecular weight is 371 g/mol. The summed E-state index contributed by atoms with van der Waals surface area (Å²) in [6.45, 7) is 2.04. The third-order valence-electron chi connectivity index (χ3n) is 5.83. The molecule has 2 atom stereocenters. The van der Waals surface area contributed by atoms with Crippen LogP contribution in [-0.4, -0.2) is 21.5 Å². The number of rotatable bonds is 4. The molecule has 1 aliphatic carbocycles. The van der Waals surface area contributed by atoms with Crippen LogP contribution in [0, 0.1) is 11.8 Å². The molecule has 1 saturated carbocycles. The number of sulfonamides is 1. The summed E-state index contributed by atoms with van der Waals surface area (Å²) < 4.78 is 28.3. The molecule has 0 radical (unpaired) electrons. The molecule has 1 saturated heterocycles. The Labute approximate surface area is 156 Å². The van der Waals surface area contributed by atoms with Crippen molar-refractivity contribution in [1.29, 1.82) is 0 Å². The van der Waals surface area contributed by atoms with Crippen molar-refractivity contribution in [2.75, 3.05) is 22.7 Å². The summed E-state index contributed by atoms with van der Waals surface area (Å²) in [5.41, 5.74) is 1.67. The Hall–Kier alpha value is -2.01. The monoisotopic (exact) mass is 370 g/mol. The largest absolute Gasteiger partial charge is 0.370 e. The van der Waals surface area contributed by atoms with Crippen molar-refractivity contribution in [2.45, 2.75) is 37.0 Å². The van der Waals surface area contributed by atoms with Crippen molar-refractivity contribution in [3.8, 4) is 0 Å². The molecule has 138 valence electrons. The molecular formula is C21H26N2O2S. The number of hydrogen-bond acceptors (Lipinski definition) is 3. The van der Waals surface area contributed by atoms with Gasteiger partial charge in [-0.25, -0.2) is 8.42 Å². The van der Waals surface area contributed by atoms with E-state index in [2.05, 4.69) is 9.62 Å². The molecule has 2 aromatic carbocycles. The molecule has 1 N–H and O–H groups in total. The van der Waals surface area contributed by atoms with Crippen molar-refractivity contribution in [3.63, 3.8) is 0 Å². The number of nitrogens with one attached hydrogen (secondary N) is 1. The number of anilines is 2. The highest BCUT2D eigenvalue weighted by molar-refractivity contribution is 7.92. The van der Waals surface area contributed by atoms with Gasteiger partial charge in [0.25, 0.3) is 10.0 Å². The predicted molar refractivity (Wildman–Crippen MR) is 106 cm³/mol. The Morgan fingerprint density at radius 3 is 2.35 bits per heavy atom. The van der Waals surface area contributed by atoms with Gasteiger partial charge in [-0.05, 0) is 48.9 Å². The topological polar surface area (TPSA) is 49.4 Å². The van der Waals surface area contributed by atoms with Gasteiger partial charge in [0.05, 0.1) is 16.3 Å². The number of nitrogens with zero attached hydrogens (tertiary/aromatic N) is 1. The minimum atomic E-state index is -3.57. The molecule has 26 heavy (non-hydrogen) atoms. The van der Waals surface area contributed by atoms with Crippen LogP contribution in [0.4, 0.5) is 11.4 Å². The zero-order valence-corrected chi connectivity index (χ0v) is 15.8. The molecule has 0 aromatic heterocycles. The molecule has 0 amide bonds. The molecule has 0 unspecified atom stereocenters. The second-order valence-electron chi connectivity index (χ2n) is 7.48. The Morgan fingerprint density at radius 1 is 0.846 bits per heavy atom. The number of hydrogen-bond donors (Lipinski definition) is 1. The van der Waals surface area contributed by atoms with E-state index in [0.717, 1.165) is 30.6 Å². The van der Waals surface area contributed by atoms with E-state index in [1.807, 2.05) is 30.3 Å². The lowest BCUT2D eigenvalue weighted by Gasteiger charge is -2.42. The Balaban J connectivity index is 1.57. The smallest absolute Gasteiger partial charge is 0.261 e. The van der Waals surface area contributed by atoms with Gasteiger partial charge < -0.3 is 4.90 Å². The number of fused-ring (bicyclic) bond motifs is 1. The fourth-order valence-electron chi connectivity index (χ4n) is 4.46. The molecular weight excluding hydrogens is 344 g/mol. The SMILES string of the molecule is O=S(=O)(Nc1ccccc1N1CC[C@@H]2CCCC[C@H]2C1)c1ccccc1. The van der Waals surface area contributed by atoms with Crippen LogP contribution in [0.5, 0.6) is 0 Å². The Kier molecular flexibility index (Phi) is 4.90. The summed E-state index contributed by atoms with van der Waals surface area (Å²) >= 11 is 0. The van der Waals surface area contributed by atoms with E-state index in [4.69, 9.17) is 0 Å². The first kappa shape index (κ1) is 17.4. The van der Waals surface area contributed by atoms with Crippen LogP contribution in [0.1, 0.15) is 32.1 Å². The van der Waals surface area contributed by atoms with Crippen LogP contribution in [0.3, 0.4) is 0 Å². The van der Waals surface area contributed by atoms with E-state index >= 15 is 0 Å². The maximum absolute atomic E-state index is 12.7. The zero-order chi connectivity index (χ0) is 18.0. The van der Waals surface area contributed by atoms with Crippen LogP contribution < -0.4 is 9.62 Å². The van der Waals surface area contributed by atoms with Crippen LogP contribution in [-0.2, 0) is 10.0 Å². The first-order valence-electron chi connectivity index (χ1n) is 9.55. The minimum absolute atomic E-state index is 0.292. The van der Waals surface area contributed by atoms with Crippen LogP contribution in [0.25, 0.3) is 0 Å². The van der Waals surface area contributed by atoms with Gasteiger partial charge in [-0.15, -0.1) is 0 Å². The molecule has 4 rings (SSSR count). The average Bonchev–Trinajstić information content (AvgIpc) is 2.68. The molecule has 5 heteroatoms. The molecule has 0 spiro atoms. The summed E-state index contributed by atoms with van der Waals surface area (Å²) in [5, 5.41) is 0. The maximum atomic E-state index is 12.7. The van der Waals surface area contributed by atoms with Crippen LogP contribution in [0.2, 0.25) is 0 Å². The number of para-hydroxylation sites is 2. The van der Waals surface area contributed by atoms with E-state index < -0.39 is 10.0 Å². The summed E-state index contributed by atoms with van der Waals surface area (Å²) in [7, 11) is -3.57. The van der Waals surface area contributed by atoms with E-state index in [0.29, 0.717) is 10.6 Å². The second-order valence-corrected chi connectivity index (χ2v) is 9.16. The highest BCUT2D eigenvalue weighted by Gasteiger charge is 2.32. The molecule has 1 heterocycles. The third kappa shape index (κ3) is 3.58. The van der Waals surface area contributed by atoms with Crippen LogP contribution >= 0.6 is 0 Å². The minimum Gasteiger partial charge on any atom is -0.370 e. The van der Waals surface area contributed by atoms with Gasteiger partial charge in [-0.1, -0.05) is 49.6 Å². The zero-order valence-electron chi connectivity index (χ0n) is 15.0. The predicted octanol–water partition coefficient (Wildman–Crippen LogP) is 4.50. The fraction of sp³-hybridized carbons (Fsp3) is 0.429. The second kappa shape index (κ2) is 7.31. The lowest BCUT2D eigenvalue weighted by atomic mass is 9.75. The molecule has 2 fully saturated rings. The Morgan fingerprint density at radius 2 is 1.54 bits per heavy atom. The van der Waals surface area contributed by atoms with Gasteiger partial charge in [0.1, 0.15) is 0 Å². The molecule has 2 aliphatic rings. The van der Waals surface area contributed by atoms with Gasteiger partial charge in [0.2, 0.25) is 0 Å². The lowest BCUT2D eigenvalue weighted by molar-refractivity contribution is 0.202. The first-order valence-corrected chi connectivity index (χ1v) is 11.0. The fourth-order valence-corrected chi connectivity index (χ4v) is 5.55. The van der Waals surface area contributed by atoms with E-state index in [1.165, 1.54) is 32.1 Å². The highest BCUT2D eigenvalue weighted by atomic mass is 32.2. The lowest BCUT2D eigenvalue weighted by Crippen LogP contribution is -2.42. The van der Waals surface area contributed by atoms with E-state index in [1.54, 1.807) is 24.3 Å². The number of piperidine rings is 1. The summed E-state index contributed by atoms with van der Waals surface area (Å²) in [5.74, 6) is 1.60. The Bertz CT molecular complexity index is 851. The highest BCUT2D eigenvalue weighted by Crippen LogP contribution is 2.39. The summed E-state index contributed by atoms with van der Waals surface area (Å²) in [6, 6.07) is 16.3. The van der Waals surface area contributed by atoms with Gasteiger partial charge in [-0.2, -0.15) is 0 Å². The first-order chi connectivity index (χ1) is 12.6. The van der Waals surface area contributed by atoms with Gasteiger partial charge >= 0.3 is 0 Å². The molecule has 0 bridgehead atoms. The molecule has 1 aliphatic heterocycles. The quantitative estimate of drug-likeness (QED) is 0.862. The van der Waals surface area contributed by atoms with Gasteiger partial charge in [0, 0.05) is 13.1 Å². The van der Waals surface area contributed by atoms with Gasteiger partial charge in [-0.3, -0.25) is 4.72 Å². The van der Waals surface area contributed by atoms with Crippen molar-refractivity contribution in [2.24, 2.45) is 11.8 Å². The van der Waals surface area contributed by atoms with Crippen LogP contribution in [0.15, 0.2) is 59.5 Å². The van der Waals surface area contributed by atoms with Crippen molar-refractivity contribution >= 4 is 21.4 Å². The van der Waals surface area contributed by atoms with Crippen molar-refractivity contribution < 1.29 is 8.42 Å². The van der Waals surface area contributed by atoms with E-state index in [9.17, 15) is 8.42 Å². The third-order valence-corrected chi connectivity index (χ3v) is 7.22.